The summed E-state index contributed by atoms with van der Waals surface area (Å²) in [6.07, 6.45) is -3.90. The Morgan fingerprint density at radius 1 is 1.46 bits per heavy atom. The van der Waals surface area contributed by atoms with E-state index in [0.29, 0.717) is 16.7 Å². The fraction of sp³-hybridized carbons (Fsp3) is 0.167. The number of rotatable bonds is 1. The minimum absolute atomic E-state index is 0.403. The zero-order chi connectivity index (χ0) is 10.1. The molecule has 0 unspecified atom stereocenters. The van der Waals surface area contributed by atoms with Crippen molar-refractivity contribution in [2.24, 2.45) is 4.99 Å². The van der Waals surface area contributed by atoms with E-state index in [-0.39, 0.29) is 0 Å². The molecule has 0 aliphatic heterocycles. The molecule has 0 aliphatic rings. The van der Waals surface area contributed by atoms with Crippen LogP contribution in [0.4, 0.5) is 22.6 Å². The van der Waals surface area contributed by atoms with Gasteiger partial charge in [-0.05, 0) is 0 Å². The lowest BCUT2D eigenvalue weighted by Gasteiger charge is -2.03. The van der Waals surface area contributed by atoms with Crippen LogP contribution in [0.1, 0.15) is 5.56 Å². The van der Waals surface area contributed by atoms with Crippen molar-refractivity contribution in [3.8, 4) is 0 Å². The van der Waals surface area contributed by atoms with Crippen LogP contribution < -0.4 is 0 Å². The predicted octanol–water partition coefficient (Wildman–Crippen LogP) is 2.87. The van der Waals surface area contributed by atoms with Crippen LogP contribution in [-0.4, -0.2) is 6.08 Å². The van der Waals surface area contributed by atoms with Gasteiger partial charge < -0.3 is 0 Å². The Bertz CT molecular complexity index is 363. The molecule has 1 aromatic rings. The third kappa shape index (κ3) is 1.93. The second-order valence-corrected chi connectivity index (χ2v) is 2.82. The quantitative estimate of drug-likeness (QED) is 0.399. The highest BCUT2D eigenvalue weighted by molar-refractivity contribution is 7.14. The Morgan fingerprint density at radius 3 is 2.54 bits per heavy atom. The molecule has 1 aromatic heterocycles. The maximum atomic E-state index is 12.5. The van der Waals surface area contributed by atoms with Gasteiger partial charge in [-0.2, -0.15) is 18.2 Å². The van der Waals surface area contributed by atoms with Crippen molar-refractivity contribution < 1.29 is 22.4 Å². The Kier molecular flexibility index (Phi) is 2.49. The molecule has 0 bridgehead atoms. The average molecular weight is 211 g/mol. The maximum absolute atomic E-state index is 12.5. The molecule has 0 fully saturated rings. The first-order chi connectivity index (χ1) is 5.96. The van der Waals surface area contributed by atoms with Crippen LogP contribution in [0.5, 0.6) is 0 Å². The van der Waals surface area contributed by atoms with Crippen LogP contribution >= 0.6 is 11.3 Å². The smallest absolute Gasteiger partial charge is 0.211 e. The molecule has 0 amide bonds. The summed E-state index contributed by atoms with van der Waals surface area (Å²) in [5, 5.41) is -0.0704. The standard InChI is InChI=1S/C6HF4NOS/c7-3-1-13-5(11-2-12)4(3)6(8,9)10/h1H. The van der Waals surface area contributed by atoms with Crippen molar-refractivity contribution in [2.75, 3.05) is 0 Å². The maximum Gasteiger partial charge on any atom is 0.422 e. The summed E-state index contributed by atoms with van der Waals surface area (Å²) in [6, 6.07) is 0. The van der Waals surface area contributed by atoms with Crippen molar-refractivity contribution in [2.45, 2.75) is 6.18 Å². The summed E-state index contributed by atoms with van der Waals surface area (Å²) in [6.45, 7) is 0. The summed E-state index contributed by atoms with van der Waals surface area (Å²) < 4.78 is 48.7. The first-order valence-corrected chi connectivity index (χ1v) is 3.77. The van der Waals surface area contributed by atoms with Gasteiger partial charge in [-0.3, -0.25) is 0 Å². The van der Waals surface area contributed by atoms with Crippen molar-refractivity contribution in [1.29, 1.82) is 0 Å². The number of hydrogen-bond acceptors (Lipinski definition) is 3. The number of hydrogen-bond donors (Lipinski definition) is 0. The zero-order valence-electron chi connectivity index (χ0n) is 5.85. The summed E-state index contributed by atoms with van der Waals surface area (Å²) in [5.74, 6) is -1.42. The van der Waals surface area contributed by atoms with E-state index in [1.54, 1.807) is 0 Å². The molecule has 1 rings (SSSR count). The normalized spacial score (nSPS) is 11.1. The van der Waals surface area contributed by atoms with Gasteiger partial charge in [0.1, 0.15) is 16.4 Å². The Balaban J connectivity index is 3.32. The number of halogens is 4. The summed E-state index contributed by atoms with van der Waals surface area (Å²) >= 11 is 0.403. The summed E-state index contributed by atoms with van der Waals surface area (Å²) in [4.78, 5) is 12.4. The molecule has 0 radical (unpaired) electrons. The molecular formula is C6HF4NOS. The lowest BCUT2D eigenvalue weighted by atomic mass is 10.3. The molecule has 13 heavy (non-hydrogen) atoms. The van der Waals surface area contributed by atoms with E-state index in [4.69, 9.17) is 0 Å². The SMILES string of the molecule is O=C=Nc1scc(F)c1C(F)(F)F. The topological polar surface area (TPSA) is 29.4 Å². The molecule has 1 heterocycles. The van der Waals surface area contributed by atoms with E-state index in [1.807, 2.05) is 0 Å². The fourth-order valence-corrected chi connectivity index (χ4v) is 1.46. The Labute approximate surface area is 73.5 Å². The van der Waals surface area contributed by atoms with Gasteiger partial charge >= 0.3 is 6.18 Å². The lowest BCUT2D eigenvalue weighted by Crippen LogP contribution is -2.05. The van der Waals surface area contributed by atoms with Gasteiger partial charge in [0.15, 0.2) is 0 Å². The van der Waals surface area contributed by atoms with E-state index in [1.165, 1.54) is 0 Å². The van der Waals surface area contributed by atoms with E-state index in [9.17, 15) is 22.4 Å². The second kappa shape index (κ2) is 3.27. The largest absolute Gasteiger partial charge is 0.422 e. The molecule has 0 N–H and O–H groups in total. The second-order valence-electron chi connectivity index (χ2n) is 1.96. The highest BCUT2D eigenvalue weighted by Crippen LogP contribution is 2.41. The third-order valence-electron chi connectivity index (χ3n) is 1.16. The van der Waals surface area contributed by atoms with Crippen molar-refractivity contribution >= 4 is 22.4 Å². The van der Waals surface area contributed by atoms with Crippen LogP contribution in [0.3, 0.4) is 0 Å². The molecule has 0 saturated heterocycles. The lowest BCUT2D eigenvalue weighted by molar-refractivity contribution is -0.139. The molecule has 0 aliphatic carbocycles. The molecular weight excluding hydrogens is 210 g/mol. The summed E-state index contributed by atoms with van der Waals surface area (Å²) in [5.41, 5.74) is -1.51. The number of thiophene rings is 1. The van der Waals surface area contributed by atoms with Crippen LogP contribution in [0.25, 0.3) is 0 Å². The fourth-order valence-electron chi connectivity index (χ4n) is 0.708. The highest BCUT2D eigenvalue weighted by Gasteiger charge is 2.38. The molecule has 7 heteroatoms. The van der Waals surface area contributed by atoms with Gasteiger partial charge in [0.05, 0.1) is 0 Å². The number of aliphatic imine (C=N–C) groups is 1. The Morgan fingerprint density at radius 2 is 2.08 bits per heavy atom. The van der Waals surface area contributed by atoms with Crippen LogP contribution in [0.2, 0.25) is 0 Å². The van der Waals surface area contributed by atoms with Gasteiger partial charge in [-0.15, -0.1) is 11.3 Å². The summed E-state index contributed by atoms with van der Waals surface area (Å²) in [7, 11) is 0. The van der Waals surface area contributed by atoms with Gasteiger partial charge in [-0.1, -0.05) is 0 Å². The average Bonchev–Trinajstić information content (AvgIpc) is 2.31. The third-order valence-corrected chi connectivity index (χ3v) is 2.00. The predicted molar refractivity (Wildman–Crippen MR) is 37.1 cm³/mol. The molecule has 0 spiro atoms. The van der Waals surface area contributed by atoms with Gasteiger partial charge in [-0.25, -0.2) is 9.18 Å². The number of isocyanates is 1. The van der Waals surface area contributed by atoms with Crippen LogP contribution in [0, 0.1) is 5.82 Å². The highest BCUT2D eigenvalue weighted by atomic mass is 32.1. The van der Waals surface area contributed by atoms with E-state index in [0.717, 1.165) is 6.08 Å². The van der Waals surface area contributed by atoms with Crippen molar-refractivity contribution in [1.82, 2.24) is 0 Å². The van der Waals surface area contributed by atoms with E-state index < -0.39 is 22.6 Å². The van der Waals surface area contributed by atoms with E-state index >= 15 is 0 Å². The van der Waals surface area contributed by atoms with Crippen molar-refractivity contribution in [3.63, 3.8) is 0 Å². The molecule has 0 saturated carbocycles. The van der Waals surface area contributed by atoms with Crippen LogP contribution in [-0.2, 0) is 11.0 Å². The van der Waals surface area contributed by atoms with Gasteiger partial charge in [0, 0.05) is 5.38 Å². The minimum atomic E-state index is -4.83. The van der Waals surface area contributed by atoms with Crippen LogP contribution in [0.15, 0.2) is 10.4 Å². The van der Waals surface area contributed by atoms with Crippen molar-refractivity contribution in [3.05, 3.63) is 16.8 Å². The molecule has 0 aromatic carbocycles. The first kappa shape index (κ1) is 9.88. The monoisotopic (exact) mass is 211 g/mol. The molecule has 70 valence electrons. The van der Waals surface area contributed by atoms with E-state index in [2.05, 4.69) is 4.99 Å². The van der Waals surface area contributed by atoms with Gasteiger partial charge in [0.25, 0.3) is 0 Å². The number of carbonyl (C=O) groups excluding carboxylic acids is 1. The molecule has 0 atom stereocenters. The zero-order valence-corrected chi connectivity index (χ0v) is 6.67. The first-order valence-electron chi connectivity index (χ1n) is 2.89. The number of alkyl halides is 3. The number of nitrogens with zero attached hydrogens (tertiary/aromatic N) is 1. The minimum Gasteiger partial charge on any atom is -0.211 e. The Hall–Kier alpha value is -1.20. The van der Waals surface area contributed by atoms with Gasteiger partial charge in [0.2, 0.25) is 6.08 Å². The molecule has 2 nitrogen and oxygen atoms in total.